The number of alkyl halides is 1. The van der Waals surface area contributed by atoms with Gasteiger partial charge in [0.1, 0.15) is 34.9 Å². The van der Waals surface area contributed by atoms with E-state index in [0.717, 1.165) is 25.0 Å². The number of halogens is 4. The van der Waals surface area contributed by atoms with Crippen molar-refractivity contribution in [2.45, 2.75) is 6.92 Å². The Morgan fingerprint density at radius 3 is 1.21 bits per heavy atom. The first kappa shape index (κ1) is 55.7. The van der Waals surface area contributed by atoms with Crippen LogP contribution in [0.5, 0.6) is 0 Å². The largest absolute Gasteiger partial charge is 0.397 e. The van der Waals surface area contributed by atoms with Crippen LogP contribution in [0.15, 0.2) is 73.3 Å². The first-order chi connectivity index (χ1) is 26.6. The fourth-order valence-corrected chi connectivity index (χ4v) is 4.92. The summed E-state index contributed by atoms with van der Waals surface area (Å²) in [5, 5.41) is 16.9. The molecule has 316 valence electrons. The van der Waals surface area contributed by atoms with E-state index in [-0.39, 0.29) is 22.6 Å². The summed E-state index contributed by atoms with van der Waals surface area (Å²) in [4.78, 5) is 37.0. The Balaban J connectivity index is 0. The maximum atomic E-state index is 11.2. The maximum Gasteiger partial charge on any atom is 0.229 e. The van der Waals surface area contributed by atoms with E-state index in [1.807, 2.05) is 12.1 Å². The molecule has 0 aliphatic carbocycles. The highest BCUT2D eigenvalue weighted by Gasteiger charge is 2.07. The smallest absolute Gasteiger partial charge is 0.229 e. The molecule has 4 heterocycles. The van der Waals surface area contributed by atoms with Gasteiger partial charge in [0.05, 0.1) is 77.9 Å². The minimum absolute atomic E-state index is 0.152. The fraction of sp³-hybridized carbons (Fsp3) is 0.200. The Morgan fingerprint density at radius 2 is 0.966 bits per heavy atom. The molecule has 0 aromatic carbocycles. The van der Waals surface area contributed by atoms with E-state index in [1.165, 1.54) is 68.1 Å². The molecule has 0 saturated heterocycles. The lowest BCUT2D eigenvalue weighted by molar-refractivity contribution is 0.100. The van der Waals surface area contributed by atoms with Gasteiger partial charge in [0.15, 0.2) is 11.6 Å². The van der Waals surface area contributed by atoms with Gasteiger partial charge in [-0.1, -0.05) is 15.9 Å². The fourth-order valence-electron chi connectivity index (χ4n) is 2.98. The third-order valence-corrected chi connectivity index (χ3v) is 7.31. The summed E-state index contributed by atoms with van der Waals surface area (Å²) in [6.07, 6.45) is 9.42. The van der Waals surface area contributed by atoms with Crippen molar-refractivity contribution in [2.75, 3.05) is 50.3 Å². The van der Waals surface area contributed by atoms with Crippen LogP contribution in [0, 0.1) is 22.7 Å². The average Bonchev–Trinajstić information content (AvgIpc) is 3.11. The summed E-state index contributed by atoms with van der Waals surface area (Å²) in [7, 11) is -8.55. The SMILES string of the molecule is BrBr.CC(=O)c1ccc(NS(C)(=O)=O)cn1.CS(=O)(=O)Cl.CS(=O)(=O)Nc1ccc(C#N)nc1.CS(=O)(=O)Nc1ccc(C(=O)CBr)nc1.N#Cc1ccc(N)cn1. The van der Waals surface area contributed by atoms with Gasteiger partial charge in [-0.05, 0) is 48.5 Å². The number of nitrogen functional groups attached to an aromatic ring is 1. The molecule has 0 aliphatic rings. The van der Waals surface area contributed by atoms with Crippen LogP contribution in [-0.2, 0) is 39.1 Å². The van der Waals surface area contributed by atoms with Gasteiger partial charge in [-0.25, -0.2) is 43.6 Å². The van der Waals surface area contributed by atoms with Crippen molar-refractivity contribution in [1.82, 2.24) is 19.9 Å². The van der Waals surface area contributed by atoms with Crippen LogP contribution in [0.1, 0.15) is 39.3 Å². The molecule has 4 aromatic rings. The third kappa shape index (κ3) is 31.7. The summed E-state index contributed by atoms with van der Waals surface area (Å²) < 4.78 is 90.4. The van der Waals surface area contributed by atoms with Crippen molar-refractivity contribution < 1.29 is 43.3 Å². The van der Waals surface area contributed by atoms with Crippen molar-refractivity contribution in [2.24, 2.45) is 0 Å². The molecule has 0 amide bonds. The highest BCUT2D eigenvalue weighted by molar-refractivity contribution is 9.93. The van der Waals surface area contributed by atoms with E-state index < -0.39 is 39.1 Å². The molecule has 0 spiro atoms. The number of nitrogens with zero attached hydrogens (tertiary/aromatic N) is 6. The quantitative estimate of drug-likeness (QED) is 0.102. The number of hydrogen-bond donors (Lipinski definition) is 4. The standard InChI is InChI=1S/C8H9BrN2O3S.C8H10N2O3S.C7H7N3O2S.C6H5N3.CH3ClO2S.Br2/c1-15(13,14)11-6-2-3-7(10-5-6)8(12)4-9;1-6(11)8-4-3-7(5-9-8)10-14(2,12)13;1-13(11,12)10-7-3-2-6(4-8)9-5-7;7-3-6-2-1-5(8)4-9-6;1-5(2,3)4;1-2/h2-3,5,11H,4H2,1H3;3-5,10H,1-2H3;2-3,5,10H,1H3;1-2,4H,8H2;1H3;. The minimum Gasteiger partial charge on any atom is -0.397 e. The summed E-state index contributed by atoms with van der Waals surface area (Å²) in [5.74, 6) is -0.309. The van der Waals surface area contributed by atoms with Crippen LogP contribution in [0.3, 0.4) is 0 Å². The van der Waals surface area contributed by atoms with E-state index in [1.54, 1.807) is 12.1 Å². The molecule has 58 heavy (non-hydrogen) atoms. The van der Waals surface area contributed by atoms with Crippen LogP contribution in [-0.4, -0.2) is 95.5 Å². The molecule has 0 saturated carbocycles. The second-order valence-electron chi connectivity index (χ2n) is 10.4. The van der Waals surface area contributed by atoms with Gasteiger partial charge in [-0.2, -0.15) is 10.5 Å². The summed E-state index contributed by atoms with van der Waals surface area (Å²) in [6, 6.07) is 15.8. The molecule has 28 heteroatoms. The Bertz CT molecular complexity index is 2450. The van der Waals surface area contributed by atoms with Gasteiger partial charge < -0.3 is 5.73 Å². The average molecular weight is 1100 g/mol. The number of sulfonamides is 3. The van der Waals surface area contributed by atoms with Gasteiger partial charge in [-0.3, -0.25) is 33.7 Å². The van der Waals surface area contributed by atoms with Crippen molar-refractivity contribution in [1.29, 1.82) is 10.5 Å². The Morgan fingerprint density at radius 1 is 0.638 bits per heavy atom. The van der Waals surface area contributed by atoms with Crippen LogP contribution in [0.25, 0.3) is 0 Å². The van der Waals surface area contributed by atoms with E-state index in [0.29, 0.717) is 39.8 Å². The molecule has 0 unspecified atom stereocenters. The number of ketones is 2. The van der Waals surface area contributed by atoms with E-state index >= 15 is 0 Å². The van der Waals surface area contributed by atoms with Crippen LogP contribution < -0.4 is 19.9 Å². The Kier molecular flexibility index (Phi) is 26.3. The number of anilines is 4. The van der Waals surface area contributed by atoms with Crippen LogP contribution >= 0.6 is 54.9 Å². The first-order valence-electron chi connectivity index (χ1n) is 14.6. The number of Topliss-reactive ketones (excluding diaryl/α,β-unsaturated/α-hetero) is 2. The normalized spacial score (nSPS) is 10.3. The zero-order chi connectivity index (χ0) is 45.3. The van der Waals surface area contributed by atoms with Crippen molar-refractivity contribution in [3.05, 3.63) is 96.1 Å². The number of carbonyl (C=O) groups is 2. The van der Waals surface area contributed by atoms with Gasteiger partial charge in [-0.15, -0.1) is 0 Å². The Labute approximate surface area is 364 Å². The molecule has 4 aromatic heterocycles. The van der Waals surface area contributed by atoms with Gasteiger partial charge in [0, 0.05) is 45.9 Å². The number of rotatable bonds is 9. The maximum absolute atomic E-state index is 11.2. The topological polar surface area (TPSA) is 332 Å². The number of aromatic nitrogens is 4. The summed E-state index contributed by atoms with van der Waals surface area (Å²) in [5.41, 5.74) is 8.17. The lowest BCUT2D eigenvalue weighted by atomic mass is 10.3. The van der Waals surface area contributed by atoms with Gasteiger partial charge in [0.2, 0.25) is 39.1 Å². The van der Waals surface area contributed by atoms with Crippen LogP contribution in [0.4, 0.5) is 22.7 Å². The van der Waals surface area contributed by atoms with Crippen molar-refractivity contribution in [3.63, 3.8) is 0 Å². The lowest BCUT2D eigenvalue weighted by Gasteiger charge is -2.03. The number of hydrogen-bond acceptors (Lipinski definition) is 17. The number of nitrogens with one attached hydrogen (secondary N) is 3. The highest BCUT2D eigenvalue weighted by Crippen LogP contribution is 2.10. The molecule has 4 rings (SSSR count). The predicted molar refractivity (Wildman–Crippen MR) is 233 cm³/mol. The molecular weight excluding hydrogens is 1060 g/mol. The van der Waals surface area contributed by atoms with E-state index in [9.17, 15) is 43.3 Å². The molecule has 0 fully saturated rings. The molecule has 0 bridgehead atoms. The Hall–Kier alpha value is -4.35. The third-order valence-electron chi connectivity index (χ3n) is 4.98. The lowest BCUT2D eigenvalue weighted by Crippen LogP contribution is -2.10. The molecule has 20 nitrogen and oxygen atoms in total. The number of pyridine rings is 4. The van der Waals surface area contributed by atoms with Gasteiger partial charge >= 0.3 is 0 Å². The molecule has 0 aliphatic heterocycles. The number of carbonyl (C=O) groups excluding carboxylic acids is 2. The molecule has 0 radical (unpaired) electrons. The molecular formula is C30H34Br3ClN10O10S4. The summed E-state index contributed by atoms with van der Waals surface area (Å²) in [6.45, 7) is 1.39. The van der Waals surface area contributed by atoms with E-state index in [2.05, 4.69) is 89.0 Å². The van der Waals surface area contributed by atoms with Gasteiger partial charge in [0.25, 0.3) is 0 Å². The summed E-state index contributed by atoms with van der Waals surface area (Å²) >= 11 is 8.52. The van der Waals surface area contributed by atoms with E-state index in [4.69, 9.17) is 16.3 Å². The zero-order valence-corrected chi connectivity index (χ0v) is 39.4. The molecule has 5 N–H and O–H groups in total. The second-order valence-corrected chi connectivity index (χ2v) is 19.3. The van der Waals surface area contributed by atoms with Crippen molar-refractivity contribution in [3.8, 4) is 12.1 Å². The van der Waals surface area contributed by atoms with Crippen LogP contribution in [0.2, 0.25) is 0 Å². The minimum atomic E-state index is -3.30. The number of nitriles is 2. The van der Waals surface area contributed by atoms with Crippen molar-refractivity contribution >= 4 is 128 Å². The highest BCUT2D eigenvalue weighted by atomic mass is 80.9. The monoisotopic (exact) mass is 1090 g/mol. The molecule has 0 atom stereocenters. The zero-order valence-electron chi connectivity index (χ0n) is 30.6. The second kappa shape index (κ2) is 27.4. The number of nitrogens with two attached hydrogens (primary N) is 1. The predicted octanol–water partition coefficient (Wildman–Crippen LogP) is 4.42. The first-order valence-corrected chi connectivity index (χ1v) is 27.8.